The molecule has 0 atom stereocenters. The zero-order valence-electron chi connectivity index (χ0n) is 19.1. The van der Waals surface area contributed by atoms with E-state index >= 15 is 0 Å². The van der Waals surface area contributed by atoms with Crippen LogP contribution in [0.1, 0.15) is 44.1 Å². The van der Waals surface area contributed by atoms with Gasteiger partial charge in [0.25, 0.3) is 0 Å². The second-order valence-corrected chi connectivity index (χ2v) is 12.4. The number of sulfonamides is 1. The van der Waals surface area contributed by atoms with E-state index < -0.39 is 10.0 Å². The van der Waals surface area contributed by atoms with Crippen LogP contribution in [0.15, 0.2) is 59.5 Å². The Morgan fingerprint density at radius 3 is 2.09 bits per heavy atom. The third kappa shape index (κ3) is 5.04. The maximum absolute atomic E-state index is 13.2. The van der Waals surface area contributed by atoms with Crippen molar-refractivity contribution in [1.82, 2.24) is 10.0 Å². The summed E-state index contributed by atoms with van der Waals surface area (Å²) in [5.41, 5.74) is 1.46. The van der Waals surface area contributed by atoms with Gasteiger partial charge < -0.3 is 10.6 Å². The molecule has 4 fully saturated rings. The fraction of sp³-hybridized carbons (Fsp3) is 0.462. The predicted octanol–water partition coefficient (Wildman–Crippen LogP) is 4.24. The van der Waals surface area contributed by atoms with Crippen molar-refractivity contribution in [3.63, 3.8) is 0 Å². The van der Waals surface area contributed by atoms with Gasteiger partial charge in [0.2, 0.25) is 15.9 Å². The van der Waals surface area contributed by atoms with Crippen molar-refractivity contribution >= 4 is 38.9 Å². The highest BCUT2D eigenvalue weighted by Crippen LogP contribution is 2.60. The first-order chi connectivity index (χ1) is 16.3. The van der Waals surface area contributed by atoms with Gasteiger partial charge in [0.15, 0.2) is 5.11 Å². The number of anilines is 1. The summed E-state index contributed by atoms with van der Waals surface area (Å²) in [6, 6.07) is 16.1. The minimum atomic E-state index is -3.60. The lowest BCUT2D eigenvalue weighted by Gasteiger charge is -2.55. The van der Waals surface area contributed by atoms with Gasteiger partial charge in [-0.1, -0.05) is 30.3 Å². The summed E-state index contributed by atoms with van der Waals surface area (Å²) < 4.78 is 27.8. The van der Waals surface area contributed by atoms with Crippen molar-refractivity contribution in [3.8, 4) is 0 Å². The van der Waals surface area contributed by atoms with Crippen molar-refractivity contribution in [2.24, 2.45) is 23.2 Å². The first kappa shape index (κ1) is 23.5. The predicted molar refractivity (Wildman–Crippen MR) is 137 cm³/mol. The van der Waals surface area contributed by atoms with Gasteiger partial charge in [-0.25, -0.2) is 13.1 Å². The smallest absolute Gasteiger partial charge is 0.240 e. The number of carbonyl (C=O) groups is 1. The molecule has 0 spiro atoms. The van der Waals surface area contributed by atoms with Crippen LogP contribution in [-0.4, -0.2) is 26.0 Å². The SMILES string of the molecule is O=C(NC(=S)Nc1ccc(S(=O)(=O)NCCc2ccccc2)cc1)C12CC3CC(CC(C3)C1)C2. The Labute approximate surface area is 207 Å². The Kier molecular flexibility index (Phi) is 6.48. The number of rotatable bonds is 7. The van der Waals surface area contributed by atoms with Crippen LogP contribution in [0.4, 0.5) is 5.69 Å². The monoisotopic (exact) mass is 497 g/mol. The summed E-state index contributed by atoms with van der Waals surface area (Å²) in [5, 5.41) is 6.22. The molecule has 0 aliphatic heterocycles. The van der Waals surface area contributed by atoms with Crippen LogP contribution in [0.3, 0.4) is 0 Å². The Morgan fingerprint density at radius 1 is 0.912 bits per heavy atom. The molecule has 0 radical (unpaired) electrons. The number of thiocarbonyl (C=S) groups is 1. The molecule has 4 aliphatic rings. The summed E-state index contributed by atoms with van der Waals surface area (Å²) in [6.07, 6.45) is 7.42. The molecule has 4 bridgehead atoms. The van der Waals surface area contributed by atoms with E-state index in [1.54, 1.807) is 12.1 Å². The number of hydrogen-bond donors (Lipinski definition) is 3. The van der Waals surface area contributed by atoms with Gasteiger partial charge in [0.05, 0.1) is 10.3 Å². The molecule has 0 saturated heterocycles. The van der Waals surface area contributed by atoms with Crippen LogP contribution in [0.2, 0.25) is 0 Å². The van der Waals surface area contributed by atoms with E-state index in [-0.39, 0.29) is 21.3 Å². The molecule has 0 aromatic heterocycles. The van der Waals surface area contributed by atoms with Crippen LogP contribution >= 0.6 is 12.2 Å². The van der Waals surface area contributed by atoms with Crippen molar-refractivity contribution in [2.75, 3.05) is 11.9 Å². The quantitative estimate of drug-likeness (QED) is 0.498. The van der Waals surface area contributed by atoms with Crippen LogP contribution in [-0.2, 0) is 21.2 Å². The van der Waals surface area contributed by atoms with E-state index in [1.807, 2.05) is 30.3 Å². The van der Waals surface area contributed by atoms with Gasteiger partial charge in [-0.05, 0) is 105 Å². The Hall–Kier alpha value is -2.29. The average molecular weight is 498 g/mol. The maximum atomic E-state index is 13.2. The van der Waals surface area contributed by atoms with Crippen molar-refractivity contribution in [2.45, 2.75) is 49.8 Å². The number of benzene rings is 2. The van der Waals surface area contributed by atoms with E-state index in [4.69, 9.17) is 12.2 Å². The summed E-state index contributed by atoms with van der Waals surface area (Å²) >= 11 is 5.40. The summed E-state index contributed by atoms with van der Waals surface area (Å²) in [5.74, 6) is 2.11. The lowest BCUT2D eigenvalue weighted by molar-refractivity contribution is -0.144. The topological polar surface area (TPSA) is 87.3 Å². The minimum Gasteiger partial charge on any atom is -0.332 e. The van der Waals surface area contributed by atoms with E-state index in [9.17, 15) is 13.2 Å². The fourth-order valence-electron chi connectivity index (χ4n) is 6.56. The van der Waals surface area contributed by atoms with Gasteiger partial charge in [-0.3, -0.25) is 4.79 Å². The van der Waals surface area contributed by atoms with E-state index in [1.165, 1.54) is 31.4 Å². The third-order valence-corrected chi connectivity index (χ3v) is 9.40. The van der Waals surface area contributed by atoms with Gasteiger partial charge in [0.1, 0.15) is 0 Å². The lowest BCUT2D eigenvalue weighted by atomic mass is 9.49. The van der Waals surface area contributed by atoms with E-state index in [2.05, 4.69) is 15.4 Å². The van der Waals surface area contributed by atoms with Gasteiger partial charge in [-0.2, -0.15) is 0 Å². The van der Waals surface area contributed by atoms with Crippen molar-refractivity contribution < 1.29 is 13.2 Å². The molecule has 1 amide bonds. The first-order valence-corrected chi connectivity index (χ1v) is 14.0. The number of nitrogens with one attached hydrogen (secondary N) is 3. The number of hydrogen-bond acceptors (Lipinski definition) is 4. The largest absolute Gasteiger partial charge is 0.332 e. The van der Waals surface area contributed by atoms with Gasteiger partial charge in [0, 0.05) is 12.2 Å². The van der Waals surface area contributed by atoms with Crippen LogP contribution in [0.5, 0.6) is 0 Å². The molecule has 0 unspecified atom stereocenters. The molecule has 6 rings (SSSR count). The highest BCUT2D eigenvalue weighted by Gasteiger charge is 2.54. The highest BCUT2D eigenvalue weighted by molar-refractivity contribution is 7.89. The lowest BCUT2D eigenvalue weighted by Crippen LogP contribution is -2.55. The average Bonchev–Trinajstić information content (AvgIpc) is 2.79. The van der Waals surface area contributed by atoms with E-state index in [0.717, 1.165) is 24.8 Å². The van der Waals surface area contributed by atoms with Crippen molar-refractivity contribution in [1.29, 1.82) is 0 Å². The zero-order chi connectivity index (χ0) is 23.8. The first-order valence-electron chi connectivity index (χ1n) is 12.1. The van der Waals surface area contributed by atoms with Crippen LogP contribution < -0.4 is 15.4 Å². The van der Waals surface area contributed by atoms with Crippen LogP contribution in [0, 0.1) is 23.2 Å². The summed E-state index contributed by atoms with van der Waals surface area (Å²) in [4.78, 5) is 13.3. The molecule has 180 valence electrons. The molecular formula is C26H31N3O3S2. The van der Waals surface area contributed by atoms with Crippen LogP contribution in [0.25, 0.3) is 0 Å². The number of carbonyl (C=O) groups excluding carboxylic acids is 1. The van der Waals surface area contributed by atoms with E-state index in [0.29, 0.717) is 36.4 Å². The maximum Gasteiger partial charge on any atom is 0.240 e. The second kappa shape index (κ2) is 9.40. The Morgan fingerprint density at radius 2 is 1.50 bits per heavy atom. The molecule has 4 saturated carbocycles. The second-order valence-electron chi connectivity index (χ2n) is 10.3. The molecule has 2 aromatic carbocycles. The summed E-state index contributed by atoms with van der Waals surface area (Å²) in [6.45, 7) is 0.326. The summed E-state index contributed by atoms with van der Waals surface area (Å²) in [7, 11) is -3.60. The standard InChI is InChI=1S/C26H31N3O3S2/c30-24(26-15-19-12-20(16-26)14-21(13-19)17-26)29-25(33)28-22-6-8-23(9-7-22)34(31,32)27-11-10-18-4-2-1-3-5-18/h1-9,19-21,27H,10-17H2,(H2,28,29,30,33). The zero-order valence-corrected chi connectivity index (χ0v) is 20.8. The Bertz CT molecular complexity index is 1130. The molecule has 34 heavy (non-hydrogen) atoms. The normalized spacial score (nSPS) is 27.4. The van der Waals surface area contributed by atoms with Crippen molar-refractivity contribution in [3.05, 3.63) is 60.2 Å². The van der Waals surface area contributed by atoms with Gasteiger partial charge >= 0.3 is 0 Å². The molecule has 3 N–H and O–H groups in total. The minimum absolute atomic E-state index is 0.0471. The number of amides is 1. The highest BCUT2D eigenvalue weighted by atomic mass is 32.2. The molecule has 2 aromatic rings. The molecular weight excluding hydrogens is 466 g/mol. The third-order valence-electron chi connectivity index (χ3n) is 7.72. The fourth-order valence-corrected chi connectivity index (χ4v) is 7.80. The molecule has 0 heterocycles. The van der Waals surface area contributed by atoms with Gasteiger partial charge in [-0.15, -0.1) is 0 Å². The molecule has 6 nitrogen and oxygen atoms in total. The molecule has 8 heteroatoms. The Balaban J connectivity index is 1.14. The molecule has 4 aliphatic carbocycles.